The third kappa shape index (κ3) is 4.17. The average Bonchev–Trinajstić information content (AvgIpc) is 2.77. The van der Waals surface area contributed by atoms with Gasteiger partial charge in [0.25, 0.3) is 0 Å². The van der Waals surface area contributed by atoms with Gasteiger partial charge in [-0.2, -0.15) is 0 Å². The first-order valence-corrected chi connectivity index (χ1v) is 9.74. The van der Waals surface area contributed by atoms with Crippen molar-refractivity contribution in [3.8, 4) is 11.3 Å². The summed E-state index contributed by atoms with van der Waals surface area (Å²) in [6.07, 6.45) is 3.30. The van der Waals surface area contributed by atoms with Crippen LogP contribution in [0.4, 0.5) is 0 Å². The van der Waals surface area contributed by atoms with Gasteiger partial charge in [0.2, 0.25) is 5.78 Å². The summed E-state index contributed by atoms with van der Waals surface area (Å²) in [4.78, 5) is 33.9. The highest BCUT2D eigenvalue weighted by atomic mass is 35.5. The molecular formula is C23H14Cl2N2O3. The van der Waals surface area contributed by atoms with Crippen molar-refractivity contribution in [2.24, 2.45) is 0 Å². The zero-order valence-corrected chi connectivity index (χ0v) is 17.0. The van der Waals surface area contributed by atoms with Gasteiger partial charge in [-0.05, 0) is 42.5 Å². The number of benzene rings is 2. The maximum absolute atomic E-state index is 12.8. The van der Waals surface area contributed by atoms with E-state index in [0.717, 1.165) is 5.56 Å². The fraction of sp³-hybridized carbons (Fsp3) is 0.0435. The molecule has 0 atom stereocenters. The number of esters is 1. The van der Waals surface area contributed by atoms with Crippen LogP contribution in [0.15, 0.2) is 73.1 Å². The zero-order valence-electron chi connectivity index (χ0n) is 15.5. The molecule has 4 rings (SSSR count). The van der Waals surface area contributed by atoms with E-state index in [4.69, 9.17) is 27.9 Å². The number of fused-ring (bicyclic) bond motifs is 1. The summed E-state index contributed by atoms with van der Waals surface area (Å²) in [6.45, 7) is -0.443. The predicted molar refractivity (Wildman–Crippen MR) is 116 cm³/mol. The molecule has 0 aliphatic carbocycles. The van der Waals surface area contributed by atoms with E-state index in [0.29, 0.717) is 27.2 Å². The van der Waals surface area contributed by atoms with Gasteiger partial charge in [0.1, 0.15) is 0 Å². The molecule has 0 unspecified atom stereocenters. The predicted octanol–water partition coefficient (Wildman–Crippen LogP) is 5.64. The molecule has 0 amide bonds. The smallest absolute Gasteiger partial charge is 0.339 e. The molecule has 30 heavy (non-hydrogen) atoms. The zero-order chi connectivity index (χ0) is 21.1. The summed E-state index contributed by atoms with van der Waals surface area (Å²) in [5, 5.41) is 1.26. The number of carbonyl (C=O) groups is 2. The topological polar surface area (TPSA) is 69.2 Å². The minimum absolute atomic E-state index is 0.206. The Labute approximate surface area is 182 Å². The van der Waals surface area contributed by atoms with Crippen LogP contribution >= 0.6 is 23.2 Å². The van der Waals surface area contributed by atoms with Crippen LogP contribution in [-0.2, 0) is 4.74 Å². The number of nitrogens with zero attached hydrogens (tertiary/aromatic N) is 2. The molecule has 0 spiro atoms. The van der Waals surface area contributed by atoms with E-state index in [1.165, 1.54) is 12.1 Å². The van der Waals surface area contributed by atoms with Gasteiger partial charge in [-0.15, -0.1) is 0 Å². The minimum Gasteiger partial charge on any atom is -0.454 e. The molecule has 148 valence electrons. The number of carbonyl (C=O) groups excluding carboxylic acids is 2. The maximum Gasteiger partial charge on any atom is 0.339 e. The average molecular weight is 437 g/mol. The van der Waals surface area contributed by atoms with Crippen LogP contribution in [0.3, 0.4) is 0 Å². The summed E-state index contributed by atoms with van der Waals surface area (Å²) in [5.74, 6) is -1.04. The molecule has 2 aromatic carbocycles. The van der Waals surface area contributed by atoms with E-state index in [1.54, 1.807) is 42.7 Å². The Morgan fingerprint density at radius 3 is 2.43 bits per heavy atom. The van der Waals surface area contributed by atoms with E-state index in [1.807, 2.05) is 18.2 Å². The number of halogens is 2. The van der Waals surface area contributed by atoms with Crippen LogP contribution in [0.5, 0.6) is 0 Å². The van der Waals surface area contributed by atoms with Gasteiger partial charge >= 0.3 is 5.97 Å². The Morgan fingerprint density at radius 2 is 1.67 bits per heavy atom. The maximum atomic E-state index is 12.8. The number of rotatable bonds is 5. The summed E-state index contributed by atoms with van der Waals surface area (Å²) < 4.78 is 5.31. The number of hydrogen-bond donors (Lipinski definition) is 0. The molecule has 2 aromatic heterocycles. The number of aromatic nitrogens is 2. The number of Topliss-reactive ketones (excluding diaryl/α,β-unsaturated/α-hetero) is 1. The van der Waals surface area contributed by atoms with Crippen LogP contribution in [0.1, 0.15) is 20.7 Å². The highest BCUT2D eigenvalue weighted by molar-refractivity contribution is 6.36. The van der Waals surface area contributed by atoms with Crippen molar-refractivity contribution in [1.29, 1.82) is 0 Å². The molecule has 4 aromatic rings. The van der Waals surface area contributed by atoms with Crippen LogP contribution in [0, 0.1) is 0 Å². The summed E-state index contributed by atoms with van der Waals surface area (Å²) in [5.41, 5.74) is 2.63. The highest BCUT2D eigenvalue weighted by Crippen LogP contribution is 2.26. The van der Waals surface area contributed by atoms with Crippen molar-refractivity contribution in [2.75, 3.05) is 6.61 Å². The first-order valence-electron chi connectivity index (χ1n) is 8.98. The van der Waals surface area contributed by atoms with Crippen molar-refractivity contribution in [3.63, 3.8) is 0 Å². The van der Waals surface area contributed by atoms with Gasteiger partial charge in [0, 0.05) is 33.9 Å². The van der Waals surface area contributed by atoms with Crippen molar-refractivity contribution < 1.29 is 14.3 Å². The molecule has 0 N–H and O–H groups in total. The van der Waals surface area contributed by atoms with Crippen molar-refractivity contribution in [1.82, 2.24) is 9.97 Å². The minimum atomic E-state index is -0.623. The van der Waals surface area contributed by atoms with Crippen LogP contribution in [-0.4, -0.2) is 28.3 Å². The summed E-state index contributed by atoms with van der Waals surface area (Å²) in [7, 11) is 0. The summed E-state index contributed by atoms with van der Waals surface area (Å²) >= 11 is 11.9. The lowest BCUT2D eigenvalue weighted by atomic mass is 10.0. The third-order valence-electron chi connectivity index (χ3n) is 4.48. The Hall–Kier alpha value is -3.28. The number of para-hydroxylation sites is 1. The molecule has 0 aliphatic rings. The second-order valence-corrected chi connectivity index (χ2v) is 7.28. The Kier molecular flexibility index (Phi) is 5.74. The molecule has 7 heteroatoms. The monoisotopic (exact) mass is 436 g/mol. The van der Waals surface area contributed by atoms with E-state index in [9.17, 15) is 9.59 Å². The van der Waals surface area contributed by atoms with E-state index in [-0.39, 0.29) is 10.6 Å². The molecule has 0 saturated carbocycles. The normalized spacial score (nSPS) is 10.7. The Balaban J connectivity index is 1.63. The molecule has 0 saturated heterocycles. The SMILES string of the molecule is O=C(COC(=O)c1cc(-c2ccncc2)nc2ccccc12)c1ccc(Cl)cc1Cl. The molecule has 0 bridgehead atoms. The van der Waals surface area contributed by atoms with Gasteiger partial charge < -0.3 is 4.74 Å². The second-order valence-electron chi connectivity index (χ2n) is 6.43. The Bertz CT molecular complexity index is 1260. The Morgan fingerprint density at radius 1 is 0.900 bits per heavy atom. The molecular weight excluding hydrogens is 423 g/mol. The van der Waals surface area contributed by atoms with Crippen LogP contribution < -0.4 is 0 Å². The molecule has 5 nitrogen and oxygen atoms in total. The molecule has 0 fully saturated rings. The van der Waals surface area contributed by atoms with E-state index < -0.39 is 18.4 Å². The van der Waals surface area contributed by atoms with Gasteiger partial charge in [-0.25, -0.2) is 9.78 Å². The van der Waals surface area contributed by atoms with Gasteiger partial charge in [0.05, 0.1) is 21.8 Å². The largest absolute Gasteiger partial charge is 0.454 e. The van der Waals surface area contributed by atoms with Gasteiger partial charge in [0.15, 0.2) is 6.61 Å². The molecule has 0 aliphatic heterocycles. The van der Waals surface area contributed by atoms with Crippen molar-refractivity contribution in [3.05, 3.63) is 94.2 Å². The summed E-state index contributed by atoms with van der Waals surface area (Å²) in [6, 6.07) is 17.0. The lowest BCUT2D eigenvalue weighted by Gasteiger charge is -2.10. The van der Waals surface area contributed by atoms with E-state index >= 15 is 0 Å². The fourth-order valence-electron chi connectivity index (χ4n) is 3.02. The van der Waals surface area contributed by atoms with E-state index in [2.05, 4.69) is 9.97 Å². The number of ether oxygens (including phenoxy) is 1. The first kappa shape index (κ1) is 20.0. The molecule has 2 heterocycles. The van der Waals surface area contributed by atoms with Crippen molar-refractivity contribution in [2.45, 2.75) is 0 Å². The standard InChI is InChI=1S/C23H14Cl2N2O3/c24-15-5-6-17(19(25)11-15)22(28)13-30-23(29)18-12-21(14-7-9-26-10-8-14)27-20-4-2-1-3-16(18)20/h1-12H,13H2. The lowest BCUT2D eigenvalue weighted by molar-refractivity contribution is 0.0476. The number of ketones is 1. The molecule has 0 radical (unpaired) electrons. The number of pyridine rings is 2. The van der Waals surface area contributed by atoms with Gasteiger partial charge in [-0.3, -0.25) is 9.78 Å². The van der Waals surface area contributed by atoms with Crippen molar-refractivity contribution >= 4 is 45.9 Å². The second kappa shape index (κ2) is 8.61. The highest BCUT2D eigenvalue weighted by Gasteiger charge is 2.18. The first-order chi connectivity index (χ1) is 14.5. The van der Waals surface area contributed by atoms with Gasteiger partial charge in [-0.1, -0.05) is 41.4 Å². The fourth-order valence-corrected chi connectivity index (χ4v) is 3.53. The lowest BCUT2D eigenvalue weighted by Crippen LogP contribution is -2.15. The quantitative estimate of drug-likeness (QED) is 0.298. The number of hydrogen-bond acceptors (Lipinski definition) is 5. The van der Waals surface area contributed by atoms with Crippen LogP contribution in [0.2, 0.25) is 10.0 Å². The van der Waals surface area contributed by atoms with Crippen LogP contribution in [0.25, 0.3) is 22.2 Å². The third-order valence-corrected chi connectivity index (χ3v) is 5.03.